The SMILES string of the molecule is O=C(NCC1(c2ccc(F)cc2)CC1)c1cccc(C(F)(F)F)c1. The van der Waals surface area contributed by atoms with Crippen LogP contribution in [0.1, 0.15) is 34.3 Å². The largest absolute Gasteiger partial charge is 0.416 e. The van der Waals surface area contributed by atoms with Crippen molar-refractivity contribution >= 4 is 5.91 Å². The summed E-state index contributed by atoms with van der Waals surface area (Å²) in [6.45, 7) is 0.313. The van der Waals surface area contributed by atoms with E-state index in [2.05, 4.69) is 5.32 Å². The molecule has 0 heterocycles. The van der Waals surface area contributed by atoms with E-state index in [9.17, 15) is 22.4 Å². The summed E-state index contributed by atoms with van der Waals surface area (Å²) in [4.78, 5) is 12.1. The van der Waals surface area contributed by atoms with Gasteiger partial charge in [-0.2, -0.15) is 13.2 Å². The highest BCUT2D eigenvalue weighted by Gasteiger charge is 2.44. The van der Waals surface area contributed by atoms with Crippen LogP contribution in [-0.2, 0) is 11.6 Å². The average Bonchev–Trinajstić information content (AvgIpc) is 3.34. The molecule has 1 fully saturated rings. The number of alkyl halides is 3. The van der Waals surface area contributed by atoms with Crippen molar-refractivity contribution < 1.29 is 22.4 Å². The molecule has 1 N–H and O–H groups in total. The van der Waals surface area contributed by atoms with E-state index in [0.29, 0.717) is 6.54 Å². The van der Waals surface area contributed by atoms with Gasteiger partial charge in [-0.15, -0.1) is 0 Å². The quantitative estimate of drug-likeness (QED) is 0.828. The molecule has 1 amide bonds. The maximum Gasteiger partial charge on any atom is 0.416 e. The summed E-state index contributed by atoms with van der Waals surface area (Å²) >= 11 is 0. The van der Waals surface area contributed by atoms with Crippen molar-refractivity contribution in [1.29, 1.82) is 0 Å². The van der Waals surface area contributed by atoms with Crippen LogP contribution in [-0.4, -0.2) is 12.5 Å². The molecule has 2 aromatic carbocycles. The number of rotatable bonds is 4. The zero-order chi connectivity index (χ0) is 17.4. The lowest BCUT2D eigenvalue weighted by Crippen LogP contribution is -2.32. The fourth-order valence-corrected chi connectivity index (χ4v) is 2.71. The van der Waals surface area contributed by atoms with Gasteiger partial charge in [0.1, 0.15) is 5.82 Å². The van der Waals surface area contributed by atoms with Crippen molar-refractivity contribution in [3.63, 3.8) is 0 Å². The van der Waals surface area contributed by atoms with Crippen molar-refractivity contribution in [3.05, 3.63) is 71.0 Å². The Morgan fingerprint density at radius 2 is 1.75 bits per heavy atom. The number of hydrogen-bond donors (Lipinski definition) is 1. The Balaban J connectivity index is 1.69. The van der Waals surface area contributed by atoms with Crippen molar-refractivity contribution in [2.45, 2.75) is 24.4 Å². The molecule has 1 saturated carbocycles. The minimum absolute atomic E-state index is 0.0280. The number of benzene rings is 2. The van der Waals surface area contributed by atoms with Crippen molar-refractivity contribution in [1.82, 2.24) is 5.32 Å². The molecule has 0 saturated heterocycles. The normalized spacial score (nSPS) is 15.8. The maximum absolute atomic E-state index is 13.0. The van der Waals surface area contributed by atoms with Crippen LogP contribution >= 0.6 is 0 Å². The van der Waals surface area contributed by atoms with Crippen LogP contribution in [0.2, 0.25) is 0 Å². The molecule has 2 aromatic rings. The number of halogens is 4. The highest BCUT2D eigenvalue weighted by Crippen LogP contribution is 2.47. The fraction of sp³-hybridized carbons (Fsp3) is 0.278. The lowest BCUT2D eigenvalue weighted by Gasteiger charge is -2.17. The van der Waals surface area contributed by atoms with Crippen LogP contribution in [0, 0.1) is 5.82 Å². The van der Waals surface area contributed by atoms with E-state index < -0.39 is 17.6 Å². The van der Waals surface area contributed by atoms with Crippen LogP contribution in [0.25, 0.3) is 0 Å². The monoisotopic (exact) mass is 337 g/mol. The number of hydrogen-bond acceptors (Lipinski definition) is 1. The third-order valence-electron chi connectivity index (χ3n) is 4.35. The Morgan fingerprint density at radius 3 is 2.33 bits per heavy atom. The topological polar surface area (TPSA) is 29.1 Å². The van der Waals surface area contributed by atoms with Gasteiger partial charge in [0.15, 0.2) is 0 Å². The Labute approximate surface area is 136 Å². The average molecular weight is 337 g/mol. The van der Waals surface area contributed by atoms with Gasteiger partial charge >= 0.3 is 6.18 Å². The minimum atomic E-state index is -4.48. The van der Waals surface area contributed by atoms with E-state index in [1.165, 1.54) is 24.3 Å². The van der Waals surface area contributed by atoms with Crippen LogP contribution in [0.3, 0.4) is 0 Å². The van der Waals surface area contributed by atoms with Crippen LogP contribution < -0.4 is 5.32 Å². The zero-order valence-corrected chi connectivity index (χ0v) is 12.7. The molecule has 6 heteroatoms. The first-order valence-electron chi connectivity index (χ1n) is 7.52. The van der Waals surface area contributed by atoms with Gasteiger partial charge in [-0.1, -0.05) is 18.2 Å². The third kappa shape index (κ3) is 3.42. The molecule has 126 valence electrons. The third-order valence-corrected chi connectivity index (χ3v) is 4.35. The second-order valence-corrected chi connectivity index (χ2v) is 6.05. The lowest BCUT2D eigenvalue weighted by atomic mass is 9.96. The van der Waals surface area contributed by atoms with E-state index >= 15 is 0 Å². The Morgan fingerprint density at radius 1 is 1.08 bits per heavy atom. The standard InChI is InChI=1S/C18H15F4NO/c19-15-6-4-13(5-7-15)17(8-9-17)11-23-16(24)12-2-1-3-14(10-12)18(20,21)22/h1-7,10H,8-9,11H2,(H,23,24). The summed E-state index contributed by atoms with van der Waals surface area (Å²) in [6, 6.07) is 10.4. The molecule has 1 aliphatic rings. The molecule has 3 rings (SSSR count). The summed E-state index contributed by atoms with van der Waals surface area (Å²) in [5.41, 5.74) is -0.201. The van der Waals surface area contributed by atoms with Gasteiger partial charge in [-0.05, 0) is 48.7 Å². The number of carbonyl (C=O) groups excluding carboxylic acids is 1. The molecule has 0 unspecified atom stereocenters. The lowest BCUT2D eigenvalue weighted by molar-refractivity contribution is -0.137. The summed E-state index contributed by atoms with van der Waals surface area (Å²) in [6.07, 6.45) is -2.79. The first-order valence-corrected chi connectivity index (χ1v) is 7.52. The number of amides is 1. The first kappa shape index (κ1) is 16.5. The first-order chi connectivity index (χ1) is 11.3. The van der Waals surface area contributed by atoms with Gasteiger partial charge in [-0.25, -0.2) is 4.39 Å². The van der Waals surface area contributed by atoms with E-state index in [-0.39, 0.29) is 16.8 Å². The van der Waals surface area contributed by atoms with E-state index in [0.717, 1.165) is 30.5 Å². The summed E-state index contributed by atoms with van der Waals surface area (Å²) in [7, 11) is 0. The van der Waals surface area contributed by atoms with Gasteiger partial charge in [0.2, 0.25) is 0 Å². The molecule has 0 aromatic heterocycles. The summed E-state index contributed by atoms with van der Waals surface area (Å²) < 4.78 is 51.1. The number of nitrogens with one attached hydrogen (secondary N) is 1. The molecule has 0 spiro atoms. The maximum atomic E-state index is 13.0. The highest BCUT2D eigenvalue weighted by molar-refractivity contribution is 5.94. The predicted octanol–water partition coefficient (Wildman–Crippen LogP) is 4.31. The van der Waals surface area contributed by atoms with Crippen LogP contribution in [0.15, 0.2) is 48.5 Å². The molecule has 0 aliphatic heterocycles. The van der Waals surface area contributed by atoms with Gasteiger partial charge in [0.25, 0.3) is 5.91 Å². The highest BCUT2D eigenvalue weighted by atomic mass is 19.4. The second kappa shape index (κ2) is 5.92. The Bertz CT molecular complexity index is 748. The van der Waals surface area contributed by atoms with Crippen LogP contribution in [0.5, 0.6) is 0 Å². The van der Waals surface area contributed by atoms with E-state index in [1.807, 2.05) is 0 Å². The van der Waals surface area contributed by atoms with Crippen molar-refractivity contribution in [3.8, 4) is 0 Å². The van der Waals surface area contributed by atoms with Gasteiger partial charge in [-0.3, -0.25) is 4.79 Å². The van der Waals surface area contributed by atoms with E-state index in [1.54, 1.807) is 12.1 Å². The van der Waals surface area contributed by atoms with Gasteiger partial charge in [0, 0.05) is 17.5 Å². The van der Waals surface area contributed by atoms with Gasteiger partial charge < -0.3 is 5.32 Å². The number of carbonyl (C=O) groups is 1. The smallest absolute Gasteiger partial charge is 0.351 e. The summed E-state index contributed by atoms with van der Waals surface area (Å²) in [5, 5.41) is 2.69. The van der Waals surface area contributed by atoms with E-state index in [4.69, 9.17) is 0 Å². The summed E-state index contributed by atoms with van der Waals surface area (Å²) in [5.74, 6) is -0.878. The van der Waals surface area contributed by atoms with Crippen LogP contribution in [0.4, 0.5) is 17.6 Å². The van der Waals surface area contributed by atoms with Crippen molar-refractivity contribution in [2.24, 2.45) is 0 Å². The molecule has 24 heavy (non-hydrogen) atoms. The molecular weight excluding hydrogens is 322 g/mol. The molecular formula is C18H15F4NO. The fourth-order valence-electron chi connectivity index (χ4n) is 2.71. The van der Waals surface area contributed by atoms with Crippen molar-refractivity contribution in [2.75, 3.05) is 6.54 Å². The molecule has 0 radical (unpaired) electrons. The second-order valence-electron chi connectivity index (χ2n) is 6.05. The molecule has 2 nitrogen and oxygen atoms in total. The minimum Gasteiger partial charge on any atom is -0.351 e. The Hall–Kier alpha value is -2.37. The molecule has 0 atom stereocenters. The zero-order valence-electron chi connectivity index (χ0n) is 12.7. The molecule has 1 aliphatic carbocycles. The van der Waals surface area contributed by atoms with Gasteiger partial charge in [0.05, 0.1) is 5.56 Å². The molecule has 0 bridgehead atoms. The Kier molecular flexibility index (Phi) is 4.07. The predicted molar refractivity (Wildman–Crippen MR) is 81.1 cm³/mol.